The maximum Gasteiger partial charge on any atom is 0.327 e. The number of primary amides is 1. The summed E-state index contributed by atoms with van der Waals surface area (Å²) in [6, 6.07) is 3.61. The summed E-state index contributed by atoms with van der Waals surface area (Å²) in [5.41, 5.74) is 4.54. The number of pyridine rings is 1. The second-order valence-electron chi connectivity index (χ2n) is 8.63. The van der Waals surface area contributed by atoms with Gasteiger partial charge in [0.15, 0.2) is 0 Å². The van der Waals surface area contributed by atoms with Crippen LogP contribution in [-0.4, -0.2) is 52.4 Å². The van der Waals surface area contributed by atoms with Crippen LogP contribution in [0.3, 0.4) is 0 Å². The number of rotatable bonds is 4. The summed E-state index contributed by atoms with van der Waals surface area (Å²) in [4.78, 5) is 30.4. The van der Waals surface area contributed by atoms with E-state index in [2.05, 4.69) is 20.9 Å². The Morgan fingerprint density at radius 2 is 2.07 bits per heavy atom. The minimum absolute atomic E-state index is 0.197. The van der Waals surface area contributed by atoms with Gasteiger partial charge in [0, 0.05) is 42.0 Å². The second kappa shape index (κ2) is 7.37. The summed E-state index contributed by atoms with van der Waals surface area (Å²) in [6.07, 6.45) is 3.96. The van der Waals surface area contributed by atoms with E-state index in [-0.39, 0.29) is 13.1 Å². The highest BCUT2D eigenvalue weighted by atomic mass is 79.9. The Morgan fingerprint density at radius 1 is 1.37 bits per heavy atom. The van der Waals surface area contributed by atoms with Crippen molar-refractivity contribution in [1.82, 2.24) is 9.88 Å². The van der Waals surface area contributed by atoms with Gasteiger partial charge in [0.25, 0.3) is 5.92 Å². The number of amides is 1. The Labute approximate surface area is 182 Å². The Balaban J connectivity index is 1.71. The molecule has 2 saturated heterocycles. The van der Waals surface area contributed by atoms with Crippen molar-refractivity contribution < 1.29 is 23.1 Å². The highest BCUT2D eigenvalue weighted by Gasteiger charge is 2.71. The maximum atomic E-state index is 15.2. The molecule has 30 heavy (non-hydrogen) atoms. The number of cyclic esters (lactones) is 1. The van der Waals surface area contributed by atoms with Gasteiger partial charge < -0.3 is 10.5 Å². The van der Waals surface area contributed by atoms with E-state index in [1.165, 1.54) is 6.92 Å². The van der Waals surface area contributed by atoms with Crippen LogP contribution in [0.5, 0.6) is 0 Å². The first-order valence-electron chi connectivity index (χ1n) is 9.99. The molecule has 4 rings (SSSR count). The van der Waals surface area contributed by atoms with Crippen LogP contribution in [0.15, 0.2) is 28.9 Å². The van der Waals surface area contributed by atoms with Gasteiger partial charge >= 0.3 is 5.97 Å². The van der Waals surface area contributed by atoms with Gasteiger partial charge in [-0.15, -0.1) is 0 Å². The van der Waals surface area contributed by atoms with Gasteiger partial charge in [0.05, 0.1) is 11.6 Å². The van der Waals surface area contributed by atoms with E-state index in [1.807, 2.05) is 6.07 Å². The molecule has 0 spiro atoms. The number of carbonyl (C=O) groups is 2. The minimum atomic E-state index is -3.07. The number of halogens is 3. The minimum Gasteiger partial charge on any atom is -0.461 e. The largest absolute Gasteiger partial charge is 0.461 e. The number of esters is 1. The summed E-state index contributed by atoms with van der Waals surface area (Å²) in [5, 5.41) is 0. The van der Waals surface area contributed by atoms with Crippen molar-refractivity contribution in [1.29, 1.82) is 0 Å². The number of hydrogen-bond acceptors (Lipinski definition) is 5. The zero-order valence-corrected chi connectivity index (χ0v) is 18.3. The monoisotopic (exact) mass is 483 g/mol. The highest BCUT2D eigenvalue weighted by molar-refractivity contribution is 9.10. The van der Waals surface area contributed by atoms with Crippen LogP contribution in [0.4, 0.5) is 8.78 Å². The van der Waals surface area contributed by atoms with Gasteiger partial charge in [0.2, 0.25) is 5.91 Å². The molecule has 6 nitrogen and oxygen atoms in total. The van der Waals surface area contributed by atoms with Crippen molar-refractivity contribution in [2.45, 2.75) is 37.8 Å². The van der Waals surface area contributed by atoms with E-state index in [4.69, 9.17) is 10.5 Å². The number of allylic oxidation sites excluding steroid dienone is 1. The Bertz CT molecular complexity index is 888. The van der Waals surface area contributed by atoms with Gasteiger partial charge in [-0.1, -0.05) is 13.0 Å². The molecule has 0 radical (unpaired) electrons. The first-order valence-corrected chi connectivity index (χ1v) is 10.8. The second-order valence-corrected chi connectivity index (χ2v) is 9.54. The molecule has 2 aliphatic heterocycles. The summed E-state index contributed by atoms with van der Waals surface area (Å²) in [7, 11) is 0. The molecular formula is C21H24BrF2N3O3. The topological polar surface area (TPSA) is 85.5 Å². The third-order valence-corrected chi connectivity index (χ3v) is 7.42. The van der Waals surface area contributed by atoms with Crippen LogP contribution < -0.4 is 5.73 Å². The number of nitrogens with zero attached hydrogens (tertiary/aromatic N) is 2. The summed E-state index contributed by atoms with van der Waals surface area (Å²) in [5.74, 6) is -6.65. The number of carbonyl (C=O) groups excluding carboxylic acids is 2. The van der Waals surface area contributed by atoms with E-state index >= 15 is 8.78 Å². The maximum absolute atomic E-state index is 15.2. The molecule has 0 unspecified atom stereocenters. The molecular weight excluding hydrogens is 460 g/mol. The molecule has 1 saturated carbocycles. The average Bonchev–Trinajstić information content (AvgIpc) is 2.85. The van der Waals surface area contributed by atoms with Crippen molar-refractivity contribution in [2.75, 3.05) is 13.1 Å². The van der Waals surface area contributed by atoms with Crippen molar-refractivity contribution >= 4 is 33.9 Å². The predicted octanol–water partition coefficient (Wildman–Crippen LogP) is 2.87. The fourth-order valence-corrected chi connectivity index (χ4v) is 5.46. The van der Waals surface area contributed by atoms with Crippen molar-refractivity contribution in [3.63, 3.8) is 0 Å². The number of alkyl halides is 2. The molecule has 0 aromatic carbocycles. The first kappa shape index (κ1) is 21.4. The van der Waals surface area contributed by atoms with E-state index in [1.54, 1.807) is 36.2 Å². The lowest BCUT2D eigenvalue weighted by atomic mass is 9.59. The molecule has 3 heterocycles. The van der Waals surface area contributed by atoms with Crippen LogP contribution in [0.2, 0.25) is 0 Å². The smallest absolute Gasteiger partial charge is 0.327 e. The molecule has 0 bridgehead atoms. The average molecular weight is 484 g/mol. The fourth-order valence-electron chi connectivity index (χ4n) is 5.22. The number of hydrogen-bond donors (Lipinski definition) is 1. The molecule has 1 aromatic heterocycles. The quantitative estimate of drug-likeness (QED) is 0.665. The van der Waals surface area contributed by atoms with Crippen LogP contribution in [-0.2, 0) is 14.3 Å². The number of aromatic nitrogens is 1. The van der Waals surface area contributed by atoms with Gasteiger partial charge in [-0.25, -0.2) is 8.78 Å². The lowest BCUT2D eigenvalue weighted by Crippen LogP contribution is -2.71. The van der Waals surface area contributed by atoms with Crippen molar-refractivity contribution in [3.05, 3.63) is 34.6 Å². The van der Waals surface area contributed by atoms with Crippen LogP contribution in [0.1, 0.15) is 26.0 Å². The molecule has 3 fully saturated rings. The highest BCUT2D eigenvalue weighted by Crippen LogP contribution is 2.58. The summed E-state index contributed by atoms with van der Waals surface area (Å²) < 4.78 is 36.7. The molecule has 1 amide bonds. The zero-order chi connectivity index (χ0) is 21.8. The number of fused-ring (bicyclic) bond motifs is 1. The lowest BCUT2D eigenvalue weighted by molar-refractivity contribution is -0.191. The molecule has 162 valence electrons. The van der Waals surface area contributed by atoms with Gasteiger partial charge in [-0.3, -0.25) is 19.5 Å². The molecule has 9 heteroatoms. The number of likely N-dealkylation sites (tertiary alicyclic amines) is 1. The normalized spacial score (nSPS) is 36.4. The summed E-state index contributed by atoms with van der Waals surface area (Å²) >= 11 is 3.32. The van der Waals surface area contributed by atoms with Crippen LogP contribution >= 0.6 is 15.9 Å². The van der Waals surface area contributed by atoms with Crippen LogP contribution in [0.25, 0.3) is 6.08 Å². The Kier molecular flexibility index (Phi) is 5.25. The standard InChI is InChI=1S/C21H24BrF2N3O3/c1-11-16(6-5-15-4-3-14(22)7-26-15)17-12(2)30-19(29)20(17,10-21(11,23)24)27-8-13(9-27)18(25)28/h3-7,11-13,16-17H,8-10H2,1-2H3,(H2,25,28)/t11-,12+,16-,17-,20-/m0/s1. The van der Waals surface area contributed by atoms with Crippen LogP contribution in [0, 0.1) is 23.7 Å². The molecule has 5 atom stereocenters. The zero-order valence-electron chi connectivity index (χ0n) is 16.7. The van der Waals surface area contributed by atoms with Gasteiger partial charge in [0.1, 0.15) is 11.6 Å². The van der Waals surface area contributed by atoms with E-state index in [0.717, 1.165) is 4.47 Å². The Hall–Kier alpha value is -1.87. The van der Waals surface area contributed by atoms with Gasteiger partial charge in [-0.05, 0) is 47.0 Å². The third-order valence-electron chi connectivity index (χ3n) is 6.95. The summed E-state index contributed by atoms with van der Waals surface area (Å²) in [6.45, 7) is 3.67. The third kappa shape index (κ3) is 3.26. The molecule has 1 aliphatic carbocycles. The number of ether oxygens (including phenoxy) is 1. The predicted molar refractivity (Wildman–Crippen MR) is 109 cm³/mol. The van der Waals surface area contributed by atoms with E-state index in [9.17, 15) is 9.59 Å². The van der Waals surface area contributed by atoms with E-state index < -0.39 is 59.5 Å². The van der Waals surface area contributed by atoms with Gasteiger partial charge in [-0.2, -0.15) is 0 Å². The molecule has 3 aliphatic rings. The first-order chi connectivity index (χ1) is 14.1. The molecule has 1 aromatic rings. The SMILES string of the molecule is C[C@H]1OC(=O)[C@]2(N3CC(C(N)=O)C3)CC(F)(F)[C@@H](C)[C@H](C=Cc3ccc(Br)cn3)[C@H]12. The Morgan fingerprint density at radius 3 is 2.67 bits per heavy atom. The fraction of sp³-hybridized carbons (Fsp3) is 0.571. The lowest BCUT2D eigenvalue weighted by Gasteiger charge is -2.56. The van der Waals surface area contributed by atoms with E-state index in [0.29, 0.717) is 5.69 Å². The van der Waals surface area contributed by atoms with Crippen molar-refractivity contribution in [3.8, 4) is 0 Å². The number of nitrogens with two attached hydrogens (primary N) is 1. The molecule has 2 N–H and O–H groups in total. The van der Waals surface area contributed by atoms with Crippen molar-refractivity contribution in [2.24, 2.45) is 29.4 Å².